The number of hydrogen-bond donors (Lipinski definition) is 2. The molecule has 1 fully saturated rings. The van der Waals surface area contributed by atoms with Crippen molar-refractivity contribution in [1.29, 1.82) is 0 Å². The first kappa shape index (κ1) is 20.0. The molecule has 8 heteroatoms. The van der Waals surface area contributed by atoms with Crippen molar-refractivity contribution < 1.29 is 4.79 Å². The van der Waals surface area contributed by atoms with Gasteiger partial charge in [-0.3, -0.25) is 9.48 Å². The average Bonchev–Trinajstić information content (AvgIpc) is 3.05. The van der Waals surface area contributed by atoms with Crippen LogP contribution in [-0.2, 0) is 17.9 Å². The molecule has 2 aromatic rings. The van der Waals surface area contributed by atoms with Crippen LogP contribution in [0, 0.1) is 0 Å². The highest BCUT2D eigenvalue weighted by molar-refractivity contribution is 6.42. The van der Waals surface area contributed by atoms with Crippen LogP contribution in [0.3, 0.4) is 0 Å². The van der Waals surface area contributed by atoms with E-state index in [2.05, 4.69) is 15.7 Å². The minimum atomic E-state index is -0.109. The van der Waals surface area contributed by atoms with Gasteiger partial charge in [0.1, 0.15) is 6.54 Å². The molecule has 0 saturated carbocycles. The van der Waals surface area contributed by atoms with E-state index in [4.69, 9.17) is 23.2 Å². The summed E-state index contributed by atoms with van der Waals surface area (Å²) in [6, 6.07) is 7.38. The zero-order valence-electron chi connectivity index (χ0n) is 13.7. The second-order valence-electron chi connectivity index (χ2n) is 5.97. The highest BCUT2D eigenvalue weighted by atomic mass is 35.5. The van der Waals surface area contributed by atoms with Crippen molar-refractivity contribution >= 4 is 41.5 Å². The van der Waals surface area contributed by atoms with Gasteiger partial charge in [-0.25, -0.2) is 0 Å². The molecule has 25 heavy (non-hydrogen) atoms. The molecule has 136 valence electrons. The van der Waals surface area contributed by atoms with Crippen molar-refractivity contribution in [2.75, 3.05) is 13.1 Å². The average molecular weight is 404 g/mol. The van der Waals surface area contributed by atoms with E-state index in [9.17, 15) is 4.79 Å². The monoisotopic (exact) mass is 402 g/mol. The van der Waals surface area contributed by atoms with E-state index >= 15 is 0 Å². The van der Waals surface area contributed by atoms with Crippen molar-refractivity contribution in [1.82, 2.24) is 20.4 Å². The lowest BCUT2D eigenvalue weighted by molar-refractivity contribution is -0.122. The van der Waals surface area contributed by atoms with Crippen molar-refractivity contribution in [3.05, 3.63) is 51.8 Å². The van der Waals surface area contributed by atoms with Crippen LogP contribution < -0.4 is 10.6 Å². The fraction of sp³-hybridized carbons (Fsp3) is 0.412. The molecule has 1 aliphatic heterocycles. The van der Waals surface area contributed by atoms with Crippen LogP contribution >= 0.6 is 35.6 Å². The van der Waals surface area contributed by atoms with E-state index in [0.29, 0.717) is 22.5 Å². The van der Waals surface area contributed by atoms with Gasteiger partial charge < -0.3 is 10.6 Å². The fourth-order valence-electron chi connectivity index (χ4n) is 2.87. The Kier molecular flexibility index (Phi) is 7.56. The molecule has 1 unspecified atom stereocenters. The molecule has 5 nitrogen and oxygen atoms in total. The molecular formula is C17H21Cl3N4O. The maximum atomic E-state index is 12.1. The normalized spacial score (nSPS) is 17.0. The first-order chi connectivity index (χ1) is 11.6. The molecule has 0 spiro atoms. The van der Waals surface area contributed by atoms with Gasteiger partial charge in [0, 0.05) is 25.2 Å². The number of amides is 1. The van der Waals surface area contributed by atoms with Gasteiger partial charge in [0.15, 0.2) is 0 Å². The number of nitrogens with zero attached hydrogens (tertiary/aromatic N) is 2. The Labute approximate surface area is 163 Å². The van der Waals surface area contributed by atoms with Gasteiger partial charge in [0.2, 0.25) is 5.91 Å². The van der Waals surface area contributed by atoms with Crippen LogP contribution in [0.15, 0.2) is 30.5 Å². The predicted octanol–water partition coefficient (Wildman–Crippen LogP) is 3.40. The Morgan fingerprint density at radius 1 is 1.36 bits per heavy atom. The number of nitrogens with one attached hydrogen (secondary N) is 2. The third kappa shape index (κ3) is 5.35. The Hall–Kier alpha value is -1.27. The highest BCUT2D eigenvalue weighted by Gasteiger charge is 2.17. The van der Waals surface area contributed by atoms with Crippen molar-refractivity contribution in [2.45, 2.75) is 31.8 Å². The highest BCUT2D eigenvalue weighted by Crippen LogP contribution is 2.25. The molecule has 0 radical (unpaired) electrons. The van der Waals surface area contributed by atoms with E-state index in [1.807, 2.05) is 24.4 Å². The molecule has 1 saturated heterocycles. The van der Waals surface area contributed by atoms with E-state index in [1.165, 1.54) is 6.42 Å². The Balaban J connectivity index is 0.00000225. The van der Waals surface area contributed by atoms with Crippen LogP contribution in [0.2, 0.25) is 10.0 Å². The maximum Gasteiger partial charge on any atom is 0.241 e. The molecule has 1 aromatic heterocycles. The van der Waals surface area contributed by atoms with Crippen molar-refractivity contribution in [3.63, 3.8) is 0 Å². The van der Waals surface area contributed by atoms with E-state index < -0.39 is 0 Å². The van der Waals surface area contributed by atoms with Gasteiger partial charge in [-0.05, 0) is 37.1 Å². The summed E-state index contributed by atoms with van der Waals surface area (Å²) < 4.78 is 1.68. The third-order valence-corrected chi connectivity index (χ3v) is 5.05. The number of piperidine rings is 1. The van der Waals surface area contributed by atoms with E-state index in [0.717, 1.165) is 30.8 Å². The number of aromatic nitrogens is 2. The zero-order chi connectivity index (χ0) is 16.9. The summed E-state index contributed by atoms with van der Waals surface area (Å²) in [7, 11) is 0. The Bertz CT molecular complexity index is 714. The van der Waals surface area contributed by atoms with Crippen LogP contribution in [-0.4, -0.2) is 28.8 Å². The molecule has 1 aromatic carbocycles. The summed E-state index contributed by atoms with van der Waals surface area (Å²) in [5.74, 6) is 0.329. The van der Waals surface area contributed by atoms with Crippen LogP contribution in [0.1, 0.15) is 30.0 Å². The van der Waals surface area contributed by atoms with Crippen molar-refractivity contribution in [2.24, 2.45) is 0 Å². The van der Waals surface area contributed by atoms with Gasteiger partial charge in [-0.2, -0.15) is 5.10 Å². The van der Waals surface area contributed by atoms with Gasteiger partial charge in [0.25, 0.3) is 0 Å². The fourth-order valence-corrected chi connectivity index (χ4v) is 3.26. The quantitative estimate of drug-likeness (QED) is 0.804. The van der Waals surface area contributed by atoms with E-state index in [-0.39, 0.29) is 24.9 Å². The van der Waals surface area contributed by atoms with Crippen molar-refractivity contribution in [3.8, 4) is 0 Å². The largest absolute Gasteiger partial charge is 0.350 e. The third-order valence-electron chi connectivity index (χ3n) is 4.19. The second kappa shape index (κ2) is 9.43. The summed E-state index contributed by atoms with van der Waals surface area (Å²) in [5.41, 5.74) is 1.85. The van der Waals surface area contributed by atoms with Gasteiger partial charge in [-0.1, -0.05) is 35.3 Å². The number of carbonyl (C=O) groups excluding carboxylic acids is 1. The Morgan fingerprint density at radius 3 is 2.96 bits per heavy atom. The lowest BCUT2D eigenvalue weighted by Gasteiger charge is -2.20. The summed E-state index contributed by atoms with van der Waals surface area (Å²) in [5, 5.41) is 11.7. The number of halogens is 3. The first-order valence-electron chi connectivity index (χ1n) is 8.07. The lowest BCUT2D eigenvalue weighted by Crippen LogP contribution is -2.29. The molecular weight excluding hydrogens is 383 g/mol. The molecule has 3 rings (SSSR count). The van der Waals surface area contributed by atoms with Crippen LogP contribution in [0.4, 0.5) is 0 Å². The lowest BCUT2D eigenvalue weighted by atomic mass is 9.97. The molecule has 0 bridgehead atoms. The number of rotatable bonds is 5. The number of benzene rings is 1. The molecule has 1 atom stereocenters. The summed E-state index contributed by atoms with van der Waals surface area (Å²) in [6.45, 7) is 2.57. The van der Waals surface area contributed by atoms with Gasteiger partial charge in [0.05, 0.1) is 15.7 Å². The zero-order valence-corrected chi connectivity index (χ0v) is 16.0. The summed E-state index contributed by atoms with van der Waals surface area (Å²) in [6.07, 6.45) is 4.16. The molecule has 1 aliphatic rings. The second-order valence-corrected chi connectivity index (χ2v) is 6.76. The van der Waals surface area contributed by atoms with Gasteiger partial charge in [-0.15, -0.1) is 12.4 Å². The topological polar surface area (TPSA) is 59.0 Å². The molecule has 0 aliphatic carbocycles. The van der Waals surface area contributed by atoms with Gasteiger partial charge >= 0.3 is 0 Å². The number of hydrogen-bond acceptors (Lipinski definition) is 3. The summed E-state index contributed by atoms with van der Waals surface area (Å²) >= 11 is 12.1. The predicted molar refractivity (Wildman–Crippen MR) is 103 cm³/mol. The van der Waals surface area contributed by atoms with E-state index in [1.54, 1.807) is 10.7 Å². The number of carbonyl (C=O) groups is 1. The minimum absolute atomic E-state index is 0. The van der Waals surface area contributed by atoms with Crippen LogP contribution in [0.25, 0.3) is 0 Å². The minimum Gasteiger partial charge on any atom is -0.350 e. The smallest absolute Gasteiger partial charge is 0.241 e. The Morgan fingerprint density at radius 2 is 2.20 bits per heavy atom. The maximum absolute atomic E-state index is 12.1. The first-order valence-corrected chi connectivity index (χ1v) is 8.83. The molecule has 1 amide bonds. The molecule has 2 N–H and O–H groups in total. The summed E-state index contributed by atoms with van der Waals surface area (Å²) in [4.78, 5) is 12.1. The molecule has 2 heterocycles. The standard InChI is InChI=1S/C17H20Cl2N4O.ClH/c18-14-5-1-3-13(17(14)19)10-21-16(24)11-23-8-6-15(22-23)12-4-2-7-20-9-12;/h1,3,5-6,8,12,20H,2,4,7,9-11H2,(H,21,24);1H. The SMILES string of the molecule is Cl.O=C(Cn1ccc(C2CCCNC2)n1)NCc1cccc(Cl)c1Cl. The van der Waals surface area contributed by atoms with Crippen LogP contribution in [0.5, 0.6) is 0 Å².